The van der Waals surface area contributed by atoms with Crippen molar-refractivity contribution >= 4 is 0 Å². The summed E-state index contributed by atoms with van der Waals surface area (Å²) in [5.74, 6) is 0. The van der Waals surface area contributed by atoms with Crippen molar-refractivity contribution in [3.63, 3.8) is 0 Å². The molecule has 0 radical (unpaired) electrons. The Morgan fingerprint density at radius 3 is 1.67 bits per heavy atom. The Hall–Kier alpha value is 0.831. The standard InChI is InChI=1S/C5H6.Nd/c1-2-4-5-3-1;/h1-4H,5H2;. The maximum absolute atomic E-state index is 2.12. The normalized spacial score (nSPS) is 14.7. The van der Waals surface area contributed by atoms with E-state index in [-0.39, 0.29) is 40.8 Å². The first kappa shape index (κ1) is 6.83. The molecule has 0 aromatic heterocycles. The van der Waals surface area contributed by atoms with Gasteiger partial charge in [-0.2, -0.15) is 0 Å². The van der Waals surface area contributed by atoms with Gasteiger partial charge in [0.1, 0.15) is 0 Å². The molecular formula is C5H6Nd. The molecule has 1 heteroatoms. The Balaban J connectivity index is 0.000000250. The molecule has 0 aromatic carbocycles. The molecule has 0 heterocycles. The molecule has 0 spiro atoms. The zero-order valence-electron chi connectivity index (χ0n) is 3.52. The van der Waals surface area contributed by atoms with Gasteiger partial charge in [-0.15, -0.1) is 0 Å². The van der Waals surface area contributed by atoms with Crippen LogP contribution in [0.15, 0.2) is 24.3 Å². The fourth-order valence-electron chi connectivity index (χ4n) is 0.393. The fraction of sp³-hybridized carbons (Fsp3) is 0.200. The van der Waals surface area contributed by atoms with Crippen molar-refractivity contribution in [2.45, 2.75) is 6.42 Å². The van der Waals surface area contributed by atoms with E-state index in [1.165, 1.54) is 0 Å². The van der Waals surface area contributed by atoms with Crippen LogP contribution in [0.2, 0.25) is 0 Å². The molecule has 0 saturated heterocycles. The van der Waals surface area contributed by atoms with E-state index in [1.54, 1.807) is 0 Å². The third-order valence-corrected chi connectivity index (χ3v) is 0.655. The Morgan fingerprint density at radius 1 is 1.00 bits per heavy atom. The largest absolute Gasteiger partial charge is 0.0808 e. The number of hydrogen-bond donors (Lipinski definition) is 0. The number of rotatable bonds is 0. The second kappa shape index (κ2) is 4.00. The van der Waals surface area contributed by atoms with E-state index in [0.29, 0.717) is 0 Å². The van der Waals surface area contributed by atoms with E-state index in [4.69, 9.17) is 0 Å². The predicted octanol–water partition coefficient (Wildman–Crippen LogP) is 1.50. The van der Waals surface area contributed by atoms with Gasteiger partial charge in [0.15, 0.2) is 0 Å². The van der Waals surface area contributed by atoms with Crippen LogP contribution in [0.3, 0.4) is 0 Å². The molecular weight excluding hydrogens is 204 g/mol. The summed E-state index contributed by atoms with van der Waals surface area (Å²) in [6.07, 6.45) is 9.50. The van der Waals surface area contributed by atoms with E-state index < -0.39 is 0 Å². The van der Waals surface area contributed by atoms with Crippen molar-refractivity contribution in [1.82, 2.24) is 0 Å². The third-order valence-electron chi connectivity index (χ3n) is 0.655. The van der Waals surface area contributed by atoms with Gasteiger partial charge in [-0.1, -0.05) is 24.3 Å². The monoisotopic (exact) mass is 208 g/mol. The van der Waals surface area contributed by atoms with Gasteiger partial charge < -0.3 is 0 Å². The number of allylic oxidation sites excluding steroid dienone is 4. The van der Waals surface area contributed by atoms with Crippen molar-refractivity contribution in [3.05, 3.63) is 24.3 Å². The summed E-state index contributed by atoms with van der Waals surface area (Å²) in [6, 6.07) is 0. The molecule has 1 aliphatic carbocycles. The second-order valence-electron chi connectivity index (χ2n) is 1.09. The SMILES string of the molecule is C1=CCC=C1.[Nd]. The average molecular weight is 210 g/mol. The summed E-state index contributed by atoms with van der Waals surface area (Å²) < 4.78 is 0. The first-order valence-electron chi connectivity index (χ1n) is 1.82. The molecule has 0 unspecified atom stereocenters. The van der Waals surface area contributed by atoms with Gasteiger partial charge >= 0.3 is 0 Å². The van der Waals surface area contributed by atoms with Crippen LogP contribution in [-0.4, -0.2) is 0 Å². The quantitative estimate of drug-likeness (QED) is 0.568. The Morgan fingerprint density at radius 2 is 1.50 bits per heavy atom. The molecule has 1 aliphatic rings. The Bertz CT molecular complexity index is 62.0. The summed E-state index contributed by atoms with van der Waals surface area (Å²) in [6.45, 7) is 0. The van der Waals surface area contributed by atoms with Crippen LogP contribution >= 0.6 is 0 Å². The summed E-state index contributed by atoms with van der Waals surface area (Å²) in [4.78, 5) is 0. The van der Waals surface area contributed by atoms with Crippen LogP contribution in [0.4, 0.5) is 0 Å². The summed E-state index contributed by atoms with van der Waals surface area (Å²) in [7, 11) is 0. The first-order chi connectivity index (χ1) is 2.50. The van der Waals surface area contributed by atoms with Crippen molar-refractivity contribution < 1.29 is 40.8 Å². The Kier molecular flexibility index (Phi) is 4.56. The van der Waals surface area contributed by atoms with Crippen LogP contribution in [0.1, 0.15) is 6.42 Å². The van der Waals surface area contributed by atoms with Crippen LogP contribution in [0, 0.1) is 40.8 Å². The molecule has 0 N–H and O–H groups in total. The van der Waals surface area contributed by atoms with Crippen molar-refractivity contribution in [2.75, 3.05) is 0 Å². The van der Waals surface area contributed by atoms with Crippen LogP contribution in [0.5, 0.6) is 0 Å². The molecule has 0 bridgehead atoms. The summed E-state index contributed by atoms with van der Waals surface area (Å²) in [5, 5.41) is 0. The van der Waals surface area contributed by atoms with E-state index in [0.717, 1.165) is 6.42 Å². The van der Waals surface area contributed by atoms with Gasteiger partial charge in [0.25, 0.3) is 0 Å². The van der Waals surface area contributed by atoms with E-state index in [9.17, 15) is 0 Å². The van der Waals surface area contributed by atoms with Crippen LogP contribution in [-0.2, 0) is 0 Å². The van der Waals surface area contributed by atoms with Gasteiger partial charge in [-0.05, 0) is 6.42 Å². The molecule has 0 saturated carbocycles. The van der Waals surface area contributed by atoms with Crippen LogP contribution < -0.4 is 0 Å². The molecule has 0 atom stereocenters. The maximum atomic E-state index is 2.12. The van der Waals surface area contributed by atoms with Gasteiger partial charge in [-0.25, -0.2) is 0 Å². The van der Waals surface area contributed by atoms with E-state index >= 15 is 0 Å². The second-order valence-corrected chi connectivity index (χ2v) is 1.09. The molecule has 0 amide bonds. The minimum absolute atomic E-state index is 0. The van der Waals surface area contributed by atoms with Crippen molar-refractivity contribution in [3.8, 4) is 0 Å². The number of hydrogen-bond acceptors (Lipinski definition) is 0. The van der Waals surface area contributed by atoms with E-state index in [2.05, 4.69) is 24.3 Å². The fourth-order valence-corrected chi connectivity index (χ4v) is 0.393. The smallest absolute Gasteiger partial charge is 0 e. The molecule has 1 rings (SSSR count). The maximum Gasteiger partial charge on any atom is 0 e. The minimum atomic E-state index is 0. The zero-order chi connectivity index (χ0) is 3.54. The first-order valence-corrected chi connectivity index (χ1v) is 1.82. The van der Waals surface area contributed by atoms with Gasteiger partial charge in [0.2, 0.25) is 0 Å². The zero-order valence-corrected chi connectivity index (χ0v) is 6.72. The van der Waals surface area contributed by atoms with Gasteiger partial charge in [-0.3, -0.25) is 0 Å². The van der Waals surface area contributed by atoms with Gasteiger partial charge in [0.05, 0.1) is 0 Å². The third kappa shape index (κ3) is 2.09. The predicted molar refractivity (Wildman–Crippen MR) is 22.9 cm³/mol. The summed E-state index contributed by atoms with van der Waals surface area (Å²) >= 11 is 0. The molecule has 0 aromatic rings. The minimum Gasteiger partial charge on any atom is -0.0808 e. The van der Waals surface area contributed by atoms with Crippen molar-refractivity contribution in [2.24, 2.45) is 0 Å². The molecule has 6 heavy (non-hydrogen) atoms. The molecule has 0 fully saturated rings. The van der Waals surface area contributed by atoms with Crippen molar-refractivity contribution in [1.29, 1.82) is 0 Å². The summed E-state index contributed by atoms with van der Waals surface area (Å²) in [5.41, 5.74) is 0. The topological polar surface area (TPSA) is 0 Å². The van der Waals surface area contributed by atoms with Gasteiger partial charge in [0, 0.05) is 40.8 Å². The molecule has 30 valence electrons. The molecule has 0 aliphatic heterocycles. The molecule has 0 nitrogen and oxygen atoms in total. The van der Waals surface area contributed by atoms with E-state index in [1.807, 2.05) is 0 Å². The van der Waals surface area contributed by atoms with Crippen LogP contribution in [0.25, 0.3) is 0 Å². The Labute approximate surface area is 70.8 Å². The average Bonchev–Trinajstić information content (AvgIpc) is 1.76.